The van der Waals surface area contributed by atoms with Crippen molar-refractivity contribution in [3.8, 4) is 17.6 Å². The average molecular weight is 271 g/mol. The Hall–Kier alpha value is -2.36. The number of methoxy groups -OCH3 is 1. The number of esters is 1. The number of halogens is 2. The zero-order valence-corrected chi connectivity index (χ0v) is 10.3. The molecule has 0 amide bonds. The van der Waals surface area contributed by atoms with Crippen LogP contribution in [0.25, 0.3) is 0 Å². The van der Waals surface area contributed by atoms with Gasteiger partial charge < -0.3 is 14.2 Å². The SMILES string of the molecule is CCOC(=O)c1ccc(OC)c(OC(F)F)c1C#N. The van der Waals surface area contributed by atoms with Gasteiger partial charge in [-0.05, 0) is 19.1 Å². The molecule has 0 unspecified atom stereocenters. The number of alkyl halides is 2. The Morgan fingerprint density at radius 2 is 2.16 bits per heavy atom. The van der Waals surface area contributed by atoms with Crippen molar-refractivity contribution in [2.45, 2.75) is 13.5 Å². The van der Waals surface area contributed by atoms with Gasteiger partial charge in [-0.25, -0.2) is 4.79 Å². The van der Waals surface area contributed by atoms with Gasteiger partial charge in [-0.3, -0.25) is 0 Å². The second-order valence-electron chi connectivity index (χ2n) is 3.23. The highest BCUT2D eigenvalue weighted by molar-refractivity contribution is 5.93. The molecule has 0 saturated carbocycles. The van der Waals surface area contributed by atoms with Crippen molar-refractivity contribution >= 4 is 5.97 Å². The van der Waals surface area contributed by atoms with Crippen molar-refractivity contribution in [2.75, 3.05) is 13.7 Å². The third-order valence-electron chi connectivity index (χ3n) is 2.16. The van der Waals surface area contributed by atoms with E-state index in [0.717, 1.165) is 0 Å². The predicted octanol–water partition coefficient (Wildman–Crippen LogP) is 2.34. The molecular weight excluding hydrogens is 260 g/mol. The Kier molecular flexibility index (Phi) is 5.06. The lowest BCUT2D eigenvalue weighted by molar-refractivity contribution is -0.0515. The van der Waals surface area contributed by atoms with Crippen LogP contribution in [0, 0.1) is 11.3 Å². The van der Waals surface area contributed by atoms with E-state index < -0.39 is 18.3 Å². The molecule has 0 aromatic heterocycles. The predicted molar refractivity (Wildman–Crippen MR) is 60.3 cm³/mol. The Balaban J connectivity index is 3.36. The highest BCUT2D eigenvalue weighted by Gasteiger charge is 2.23. The van der Waals surface area contributed by atoms with Gasteiger partial charge >= 0.3 is 12.6 Å². The van der Waals surface area contributed by atoms with Crippen LogP contribution in [0.3, 0.4) is 0 Å². The zero-order valence-electron chi connectivity index (χ0n) is 10.3. The van der Waals surface area contributed by atoms with Gasteiger partial charge in [0.2, 0.25) is 0 Å². The summed E-state index contributed by atoms with van der Waals surface area (Å²) in [6, 6.07) is 4.16. The van der Waals surface area contributed by atoms with Crippen LogP contribution in [-0.2, 0) is 4.74 Å². The first-order valence-corrected chi connectivity index (χ1v) is 5.28. The molecule has 0 heterocycles. The maximum absolute atomic E-state index is 12.3. The molecule has 0 radical (unpaired) electrons. The summed E-state index contributed by atoms with van der Waals surface area (Å²) in [5.41, 5.74) is -0.501. The summed E-state index contributed by atoms with van der Waals surface area (Å²) in [5.74, 6) is -1.34. The number of carbonyl (C=O) groups is 1. The number of hydrogen-bond acceptors (Lipinski definition) is 5. The highest BCUT2D eigenvalue weighted by atomic mass is 19.3. The Labute approximate surface area is 108 Å². The lowest BCUT2D eigenvalue weighted by atomic mass is 10.1. The summed E-state index contributed by atoms with van der Waals surface area (Å²) in [6.45, 7) is -1.46. The maximum Gasteiger partial charge on any atom is 0.387 e. The Morgan fingerprint density at radius 1 is 1.47 bits per heavy atom. The first-order valence-electron chi connectivity index (χ1n) is 5.28. The minimum absolute atomic E-state index is 0.0649. The maximum atomic E-state index is 12.3. The van der Waals surface area contributed by atoms with Gasteiger partial charge in [-0.1, -0.05) is 0 Å². The fourth-order valence-corrected chi connectivity index (χ4v) is 1.42. The molecule has 0 bridgehead atoms. The molecule has 19 heavy (non-hydrogen) atoms. The van der Waals surface area contributed by atoms with Crippen LogP contribution in [-0.4, -0.2) is 26.3 Å². The second-order valence-corrected chi connectivity index (χ2v) is 3.23. The molecule has 102 valence electrons. The van der Waals surface area contributed by atoms with E-state index in [2.05, 4.69) is 4.74 Å². The van der Waals surface area contributed by atoms with Crippen LogP contribution in [0.15, 0.2) is 12.1 Å². The van der Waals surface area contributed by atoms with Gasteiger partial charge in [-0.2, -0.15) is 14.0 Å². The van der Waals surface area contributed by atoms with Crippen molar-refractivity contribution in [3.05, 3.63) is 23.3 Å². The van der Waals surface area contributed by atoms with E-state index >= 15 is 0 Å². The topological polar surface area (TPSA) is 68.6 Å². The van der Waals surface area contributed by atoms with Gasteiger partial charge in [0.25, 0.3) is 0 Å². The molecular formula is C12H11F2NO4. The minimum Gasteiger partial charge on any atom is -0.493 e. The third-order valence-corrected chi connectivity index (χ3v) is 2.16. The van der Waals surface area contributed by atoms with E-state index in [1.807, 2.05) is 0 Å². The molecule has 0 aliphatic carbocycles. The quantitative estimate of drug-likeness (QED) is 0.769. The average Bonchev–Trinajstić information content (AvgIpc) is 2.37. The van der Waals surface area contributed by atoms with Gasteiger partial charge in [0.05, 0.1) is 19.3 Å². The van der Waals surface area contributed by atoms with Gasteiger partial charge in [0, 0.05) is 0 Å². The zero-order chi connectivity index (χ0) is 14.4. The van der Waals surface area contributed by atoms with Crippen LogP contribution in [0.2, 0.25) is 0 Å². The monoisotopic (exact) mass is 271 g/mol. The lowest BCUT2D eigenvalue weighted by Crippen LogP contribution is -2.11. The standard InChI is InChI=1S/C12H11F2NO4/c1-3-18-11(16)7-4-5-9(17-2)10(8(7)6-15)19-12(13)14/h4-5,12H,3H2,1-2H3. The Bertz CT molecular complexity index is 511. The van der Waals surface area contributed by atoms with Gasteiger partial charge in [0.1, 0.15) is 11.6 Å². The fourth-order valence-electron chi connectivity index (χ4n) is 1.42. The van der Waals surface area contributed by atoms with Crippen molar-refractivity contribution in [1.29, 1.82) is 5.26 Å². The summed E-state index contributed by atoms with van der Waals surface area (Å²) in [5, 5.41) is 9.01. The van der Waals surface area contributed by atoms with Crippen molar-refractivity contribution in [2.24, 2.45) is 0 Å². The van der Waals surface area contributed by atoms with Crippen molar-refractivity contribution < 1.29 is 27.8 Å². The molecule has 5 nitrogen and oxygen atoms in total. The van der Waals surface area contributed by atoms with Crippen LogP contribution >= 0.6 is 0 Å². The number of nitrogens with zero attached hydrogens (tertiary/aromatic N) is 1. The molecule has 0 atom stereocenters. The second kappa shape index (κ2) is 6.54. The summed E-state index contributed by atoms with van der Waals surface area (Å²) < 4.78 is 38.5. The van der Waals surface area contributed by atoms with Gasteiger partial charge in [-0.15, -0.1) is 0 Å². The van der Waals surface area contributed by atoms with Crippen LogP contribution in [0.4, 0.5) is 8.78 Å². The fraction of sp³-hybridized carbons (Fsp3) is 0.333. The number of carbonyl (C=O) groups excluding carboxylic acids is 1. The van der Waals surface area contributed by atoms with Crippen LogP contribution in [0.1, 0.15) is 22.8 Å². The first-order chi connectivity index (χ1) is 9.04. The molecule has 0 aliphatic rings. The van der Waals surface area contributed by atoms with E-state index in [4.69, 9.17) is 14.7 Å². The molecule has 1 aromatic rings. The minimum atomic E-state index is -3.14. The number of nitriles is 1. The van der Waals surface area contributed by atoms with Gasteiger partial charge in [0.15, 0.2) is 11.5 Å². The van der Waals surface area contributed by atoms with Crippen LogP contribution < -0.4 is 9.47 Å². The molecule has 0 fully saturated rings. The molecule has 7 heteroatoms. The summed E-state index contributed by atoms with van der Waals surface area (Å²) in [4.78, 5) is 11.6. The van der Waals surface area contributed by atoms with E-state index in [-0.39, 0.29) is 23.5 Å². The number of hydrogen-bond donors (Lipinski definition) is 0. The summed E-state index contributed by atoms with van der Waals surface area (Å²) >= 11 is 0. The lowest BCUT2D eigenvalue weighted by Gasteiger charge is -2.13. The molecule has 1 aromatic carbocycles. The van der Waals surface area contributed by atoms with Crippen molar-refractivity contribution in [3.63, 3.8) is 0 Å². The molecule has 0 aliphatic heterocycles. The number of rotatable bonds is 5. The first kappa shape index (κ1) is 14.7. The summed E-state index contributed by atoms with van der Waals surface area (Å²) in [7, 11) is 1.23. The number of benzene rings is 1. The van der Waals surface area contributed by atoms with E-state index in [9.17, 15) is 13.6 Å². The van der Waals surface area contributed by atoms with E-state index in [1.54, 1.807) is 13.0 Å². The highest BCUT2D eigenvalue weighted by Crippen LogP contribution is 2.34. The third kappa shape index (κ3) is 3.31. The van der Waals surface area contributed by atoms with E-state index in [0.29, 0.717) is 0 Å². The largest absolute Gasteiger partial charge is 0.493 e. The van der Waals surface area contributed by atoms with E-state index in [1.165, 1.54) is 19.2 Å². The molecule has 0 saturated heterocycles. The van der Waals surface area contributed by atoms with Crippen molar-refractivity contribution in [1.82, 2.24) is 0 Å². The number of ether oxygens (including phenoxy) is 3. The molecule has 0 N–H and O–H groups in total. The Morgan fingerprint density at radius 3 is 2.63 bits per heavy atom. The normalized spacial score (nSPS) is 9.89. The smallest absolute Gasteiger partial charge is 0.387 e. The van der Waals surface area contributed by atoms with Crippen LogP contribution in [0.5, 0.6) is 11.5 Å². The molecule has 0 spiro atoms. The molecule has 1 rings (SSSR count). The summed E-state index contributed by atoms with van der Waals surface area (Å²) in [6.07, 6.45) is 0.